The van der Waals surface area contributed by atoms with Crippen LogP contribution in [0.25, 0.3) is 0 Å². The summed E-state index contributed by atoms with van der Waals surface area (Å²) in [5.74, 6) is -0.630. The maximum atomic E-state index is 13.8. The van der Waals surface area contributed by atoms with Crippen LogP contribution < -0.4 is 5.73 Å². The van der Waals surface area contributed by atoms with E-state index < -0.39 is 0 Å². The van der Waals surface area contributed by atoms with Crippen molar-refractivity contribution < 1.29 is 8.78 Å². The van der Waals surface area contributed by atoms with Crippen LogP contribution in [0.15, 0.2) is 12.1 Å². The largest absolute Gasteiger partial charge is 0.327 e. The van der Waals surface area contributed by atoms with Gasteiger partial charge in [-0.3, -0.25) is 0 Å². The normalized spacial score (nSPS) is 27.6. The number of benzene rings is 1. The van der Waals surface area contributed by atoms with Gasteiger partial charge in [0.1, 0.15) is 11.6 Å². The maximum absolute atomic E-state index is 13.8. The van der Waals surface area contributed by atoms with E-state index in [1.54, 1.807) is 6.92 Å². The summed E-state index contributed by atoms with van der Waals surface area (Å²) >= 11 is 0. The number of rotatable bonds is 1. The van der Waals surface area contributed by atoms with Crippen molar-refractivity contribution in [3.05, 3.63) is 34.9 Å². The lowest BCUT2D eigenvalue weighted by Gasteiger charge is -2.50. The minimum atomic E-state index is -0.340. The van der Waals surface area contributed by atoms with Crippen LogP contribution in [0.5, 0.6) is 0 Å². The third-order valence-corrected chi connectivity index (χ3v) is 4.00. The highest BCUT2D eigenvalue weighted by atomic mass is 19.1. The summed E-state index contributed by atoms with van der Waals surface area (Å²) in [6, 6.07) is 2.66. The van der Waals surface area contributed by atoms with Crippen molar-refractivity contribution in [2.24, 2.45) is 11.1 Å². The highest BCUT2D eigenvalue weighted by molar-refractivity contribution is 5.32. The molecule has 0 aromatic heterocycles. The van der Waals surface area contributed by atoms with Crippen LogP contribution in [-0.4, -0.2) is 6.04 Å². The zero-order valence-corrected chi connectivity index (χ0v) is 9.85. The van der Waals surface area contributed by atoms with Gasteiger partial charge < -0.3 is 5.73 Å². The van der Waals surface area contributed by atoms with Gasteiger partial charge in [-0.05, 0) is 47.9 Å². The van der Waals surface area contributed by atoms with Gasteiger partial charge in [-0.1, -0.05) is 13.8 Å². The van der Waals surface area contributed by atoms with Gasteiger partial charge in [0.25, 0.3) is 0 Å². The molecule has 0 heterocycles. The summed E-state index contributed by atoms with van der Waals surface area (Å²) in [4.78, 5) is 0. The molecule has 2 unspecified atom stereocenters. The molecule has 0 aliphatic heterocycles. The molecular weight excluding hydrogens is 208 g/mol. The molecule has 1 aromatic carbocycles. The molecule has 2 N–H and O–H groups in total. The fraction of sp³-hybridized carbons (Fsp3) is 0.538. The fourth-order valence-electron chi connectivity index (χ4n) is 2.42. The first-order valence-corrected chi connectivity index (χ1v) is 5.55. The van der Waals surface area contributed by atoms with Crippen molar-refractivity contribution in [1.29, 1.82) is 0 Å². The average molecular weight is 225 g/mol. The van der Waals surface area contributed by atoms with Gasteiger partial charge in [0.2, 0.25) is 0 Å². The summed E-state index contributed by atoms with van der Waals surface area (Å²) in [6.07, 6.45) is 0.729. The molecule has 0 amide bonds. The molecule has 0 bridgehead atoms. The Labute approximate surface area is 94.7 Å². The van der Waals surface area contributed by atoms with Crippen LogP contribution in [0.3, 0.4) is 0 Å². The molecule has 88 valence electrons. The first kappa shape index (κ1) is 11.5. The number of aryl methyl sites for hydroxylation is 1. The van der Waals surface area contributed by atoms with Crippen molar-refractivity contribution in [3.8, 4) is 0 Å². The molecule has 16 heavy (non-hydrogen) atoms. The summed E-state index contributed by atoms with van der Waals surface area (Å²) in [7, 11) is 0. The van der Waals surface area contributed by atoms with Crippen molar-refractivity contribution in [3.63, 3.8) is 0 Å². The SMILES string of the molecule is Cc1cc(F)c(C2CC(N)C2(C)C)cc1F. The van der Waals surface area contributed by atoms with E-state index in [0.29, 0.717) is 11.1 Å². The van der Waals surface area contributed by atoms with Gasteiger partial charge in [0.05, 0.1) is 0 Å². The third-order valence-electron chi connectivity index (χ3n) is 4.00. The second kappa shape index (κ2) is 3.52. The van der Waals surface area contributed by atoms with E-state index in [1.165, 1.54) is 12.1 Å². The van der Waals surface area contributed by atoms with Crippen molar-refractivity contribution in [2.45, 2.75) is 39.2 Å². The third kappa shape index (κ3) is 1.54. The van der Waals surface area contributed by atoms with Crippen LogP contribution in [0, 0.1) is 24.0 Å². The molecule has 1 saturated carbocycles. The van der Waals surface area contributed by atoms with Crippen LogP contribution in [-0.2, 0) is 0 Å². The van der Waals surface area contributed by atoms with Gasteiger partial charge in [0, 0.05) is 6.04 Å². The Kier molecular flexibility index (Phi) is 2.54. The molecule has 1 fully saturated rings. The lowest BCUT2D eigenvalue weighted by Crippen LogP contribution is -2.53. The Morgan fingerprint density at radius 3 is 2.38 bits per heavy atom. The van der Waals surface area contributed by atoms with Crippen LogP contribution in [0.2, 0.25) is 0 Å². The summed E-state index contributed by atoms with van der Waals surface area (Å²) < 4.78 is 27.2. The molecule has 1 aliphatic rings. The van der Waals surface area contributed by atoms with E-state index in [2.05, 4.69) is 0 Å². The molecule has 3 heteroatoms. The van der Waals surface area contributed by atoms with Crippen LogP contribution in [0.4, 0.5) is 8.78 Å². The zero-order chi connectivity index (χ0) is 12.1. The van der Waals surface area contributed by atoms with E-state index in [4.69, 9.17) is 5.73 Å². The topological polar surface area (TPSA) is 26.0 Å². The van der Waals surface area contributed by atoms with Crippen LogP contribution in [0.1, 0.15) is 37.3 Å². The Morgan fingerprint density at radius 2 is 1.88 bits per heavy atom. The highest BCUT2D eigenvalue weighted by Gasteiger charge is 2.47. The lowest BCUT2D eigenvalue weighted by molar-refractivity contribution is 0.0954. The Balaban J connectivity index is 2.39. The standard InChI is InChI=1S/C13H17F2N/c1-7-4-11(15)8(5-10(7)14)9-6-12(16)13(9,2)3/h4-5,9,12H,6,16H2,1-3H3. The summed E-state index contributed by atoms with van der Waals surface area (Å²) in [5.41, 5.74) is 6.55. The van der Waals surface area contributed by atoms with E-state index in [-0.39, 0.29) is 29.0 Å². The Bertz CT molecular complexity index is 426. The molecule has 1 aliphatic carbocycles. The minimum absolute atomic E-state index is 0.0256. The number of hydrogen-bond acceptors (Lipinski definition) is 1. The van der Waals surface area contributed by atoms with Gasteiger partial charge in [-0.2, -0.15) is 0 Å². The van der Waals surface area contributed by atoms with Gasteiger partial charge in [-0.25, -0.2) is 8.78 Å². The van der Waals surface area contributed by atoms with E-state index in [9.17, 15) is 8.78 Å². The second-order valence-electron chi connectivity index (χ2n) is 5.34. The Hall–Kier alpha value is -0.960. The van der Waals surface area contributed by atoms with E-state index >= 15 is 0 Å². The molecule has 0 saturated heterocycles. The molecule has 1 aromatic rings. The monoisotopic (exact) mass is 225 g/mol. The molecule has 0 radical (unpaired) electrons. The second-order valence-corrected chi connectivity index (χ2v) is 5.34. The minimum Gasteiger partial charge on any atom is -0.327 e. The molecule has 1 nitrogen and oxygen atoms in total. The number of halogens is 2. The summed E-state index contributed by atoms with van der Waals surface area (Å²) in [6.45, 7) is 5.58. The first-order chi connectivity index (χ1) is 7.34. The zero-order valence-electron chi connectivity index (χ0n) is 9.85. The van der Waals surface area contributed by atoms with Gasteiger partial charge >= 0.3 is 0 Å². The smallest absolute Gasteiger partial charge is 0.127 e. The average Bonchev–Trinajstić information content (AvgIpc) is 2.20. The number of hydrogen-bond donors (Lipinski definition) is 1. The predicted octanol–water partition coefficient (Wildman–Crippen LogP) is 3.11. The van der Waals surface area contributed by atoms with E-state index in [1.807, 2.05) is 13.8 Å². The quantitative estimate of drug-likeness (QED) is 0.780. The fourth-order valence-corrected chi connectivity index (χ4v) is 2.42. The molecular formula is C13H17F2N. The highest BCUT2D eigenvalue weighted by Crippen LogP contribution is 2.52. The van der Waals surface area contributed by atoms with Crippen LogP contribution >= 0.6 is 0 Å². The molecule has 0 spiro atoms. The molecule has 2 rings (SSSR count). The Morgan fingerprint density at radius 1 is 1.25 bits per heavy atom. The molecule has 2 atom stereocenters. The van der Waals surface area contributed by atoms with Crippen molar-refractivity contribution >= 4 is 0 Å². The number of nitrogens with two attached hydrogens (primary N) is 1. The lowest BCUT2D eigenvalue weighted by atomic mass is 9.56. The van der Waals surface area contributed by atoms with E-state index in [0.717, 1.165) is 6.42 Å². The first-order valence-electron chi connectivity index (χ1n) is 5.55. The van der Waals surface area contributed by atoms with Gasteiger partial charge in [-0.15, -0.1) is 0 Å². The van der Waals surface area contributed by atoms with Gasteiger partial charge in [0.15, 0.2) is 0 Å². The summed E-state index contributed by atoms with van der Waals surface area (Å²) in [5, 5.41) is 0. The van der Waals surface area contributed by atoms with Crippen molar-refractivity contribution in [1.82, 2.24) is 0 Å². The maximum Gasteiger partial charge on any atom is 0.127 e. The predicted molar refractivity (Wildman–Crippen MR) is 60.2 cm³/mol. The van der Waals surface area contributed by atoms with Crippen molar-refractivity contribution in [2.75, 3.05) is 0 Å².